The number of benzene rings is 3. The van der Waals surface area contributed by atoms with Crippen LogP contribution in [0, 0.1) is 6.92 Å². The van der Waals surface area contributed by atoms with E-state index in [4.69, 9.17) is 30.2 Å². The molecule has 0 bridgehead atoms. The molecule has 1 aromatic heterocycles. The zero-order valence-electron chi connectivity index (χ0n) is 17.4. The molecule has 0 saturated carbocycles. The van der Waals surface area contributed by atoms with Gasteiger partial charge in [-0.15, -0.1) is 0 Å². The summed E-state index contributed by atoms with van der Waals surface area (Å²) in [5, 5.41) is 0.911. The lowest BCUT2D eigenvalue weighted by atomic mass is 10.1. The average molecular weight is 451 g/mol. The molecular weight excluding hydrogens is 432 g/mol. The maximum atomic E-state index is 13.0. The standard InChI is InChI=1S/C25H19ClO6/c1-15-25(32-19-9-7-18(29-2)8-10-19)24(28)21-12-11-20(14-22(21)30-15)31-23(27)13-16-3-5-17(26)6-4-16/h3-12,14H,13H2,1-2H3. The van der Waals surface area contributed by atoms with Gasteiger partial charge in [0, 0.05) is 11.1 Å². The normalized spacial score (nSPS) is 10.7. The van der Waals surface area contributed by atoms with Crippen LogP contribution in [-0.2, 0) is 11.2 Å². The van der Waals surface area contributed by atoms with Crippen molar-refractivity contribution < 1.29 is 23.4 Å². The predicted molar refractivity (Wildman–Crippen MR) is 121 cm³/mol. The molecule has 3 aromatic carbocycles. The first-order valence-corrected chi connectivity index (χ1v) is 10.2. The number of hydrogen-bond donors (Lipinski definition) is 0. The van der Waals surface area contributed by atoms with Gasteiger partial charge in [0.1, 0.15) is 28.6 Å². The summed E-state index contributed by atoms with van der Waals surface area (Å²) in [6, 6.07) is 18.4. The van der Waals surface area contributed by atoms with Crippen LogP contribution in [0.4, 0.5) is 0 Å². The minimum atomic E-state index is -0.440. The minimum Gasteiger partial charge on any atom is -0.497 e. The topological polar surface area (TPSA) is 75.0 Å². The molecule has 4 aromatic rings. The van der Waals surface area contributed by atoms with E-state index in [9.17, 15) is 9.59 Å². The second kappa shape index (κ2) is 9.16. The van der Waals surface area contributed by atoms with Crippen molar-refractivity contribution in [3.05, 3.63) is 93.3 Å². The molecule has 6 nitrogen and oxygen atoms in total. The number of methoxy groups -OCH3 is 1. The fourth-order valence-electron chi connectivity index (χ4n) is 3.15. The number of esters is 1. The Labute approximate surface area is 188 Å². The highest BCUT2D eigenvalue weighted by Gasteiger charge is 2.16. The van der Waals surface area contributed by atoms with Crippen LogP contribution < -0.4 is 19.6 Å². The van der Waals surface area contributed by atoms with Crippen LogP contribution in [0.5, 0.6) is 23.0 Å². The number of hydrogen-bond acceptors (Lipinski definition) is 6. The van der Waals surface area contributed by atoms with Gasteiger partial charge < -0.3 is 18.6 Å². The van der Waals surface area contributed by atoms with Gasteiger partial charge in [-0.05, 0) is 61.0 Å². The highest BCUT2D eigenvalue weighted by atomic mass is 35.5. The van der Waals surface area contributed by atoms with E-state index in [1.165, 1.54) is 6.07 Å². The highest BCUT2D eigenvalue weighted by Crippen LogP contribution is 2.28. The molecule has 0 fully saturated rings. The molecule has 0 aliphatic rings. The van der Waals surface area contributed by atoms with Crippen molar-refractivity contribution in [1.82, 2.24) is 0 Å². The second-order valence-electron chi connectivity index (χ2n) is 7.03. The van der Waals surface area contributed by atoms with Gasteiger partial charge in [-0.1, -0.05) is 23.7 Å². The summed E-state index contributed by atoms with van der Waals surface area (Å²) in [4.78, 5) is 25.2. The fraction of sp³-hybridized carbons (Fsp3) is 0.120. The molecule has 4 rings (SSSR count). The summed E-state index contributed by atoms with van der Waals surface area (Å²) >= 11 is 5.86. The summed E-state index contributed by atoms with van der Waals surface area (Å²) in [5.41, 5.74) is 0.757. The summed E-state index contributed by atoms with van der Waals surface area (Å²) in [6.07, 6.45) is 0.0901. The van der Waals surface area contributed by atoms with E-state index in [0.29, 0.717) is 33.3 Å². The van der Waals surface area contributed by atoms with E-state index in [1.54, 1.807) is 74.7 Å². The monoisotopic (exact) mass is 450 g/mol. The Hall–Kier alpha value is -3.77. The van der Waals surface area contributed by atoms with Crippen molar-refractivity contribution in [2.75, 3.05) is 7.11 Å². The number of fused-ring (bicyclic) bond motifs is 1. The summed E-state index contributed by atoms with van der Waals surface area (Å²) in [5.74, 6) is 1.40. The van der Waals surface area contributed by atoms with Crippen LogP contribution in [0.25, 0.3) is 11.0 Å². The second-order valence-corrected chi connectivity index (χ2v) is 7.47. The summed E-state index contributed by atoms with van der Waals surface area (Å²) in [6.45, 7) is 1.64. The van der Waals surface area contributed by atoms with E-state index < -0.39 is 5.97 Å². The zero-order valence-corrected chi connectivity index (χ0v) is 18.1. The molecule has 32 heavy (non-hydrogen) atoms. The molecule has 0 radical (unpaired) electrons. The molecule has 0 saturated heterocycles. The Morgan fingerprint density at radius 2 is 1.59 bits per heavy atom. The molecule has 0 spiro atoms. The number of halogens is 1. The maximum absolute atomic E-state index is 13.0. The van der Waals surface area contributed by atoms with Crippen LogP contribution in [0.2, 0.25) is 5.02 Å². The Balaban J connectivity index is 1.55. The van der Waals surface area contributed by atoms with Crippen LogP contribution in [0.3, 0.4) is 0 Å². The van der Waals surface area contributed by atoms with Gasteiger partial charge in [0.15, 0.2) is 0 Å². The lowest BCUT2D eigenvalue weighted by molar-refractivity contribution is -0.133. The Morgan fingerprint density at radius 3 is 2.28 bits per heavy atom. The molecule has 0 unspecified atom stereocenters. The molecule has 7 heteroatoms. The van der Waals surface area contributed by atoms with Crippen molar-refractivity contribution in [2.45, 2.75) is 13.3 Å². The van der Waals surface area contributed by atoms with Gasteiger partial charge in [0.2, 0.25) is 11.2 Å². The predicted octanol–water partition coefficient (Wildman–Crippen LogP) is 5.70. The van der Waals surface area contributed by atoms with Gasteiger partial charge in [0.25, 0.3) is 0 Å². The molecule has 0 amide bonds. The molecule has 0 N–H and O–H groups in total. The van der Waals surface area contributed by atoms with Gasteiger partial charge in [0.05, 0.1) is 18.9 Å². The first-order valence-electron chi connectivity index (χ1n) is 9.77. The maximum Gasteiger partial charge on any atom is 0.315 e. The fourth-order valence-corrected chi connectivity index (χ4v) is 3.27. The van der Waals surface area contributed by atoms with E-state index in [0.717, 1.165) is 5.56 Å². The third-order valence-corrected chi connectivity index (χ3v) is 5.01. The molecule has 162 valence electrons. The first-order chi connectivity index (χ1) is 15.4. The molecular formula is C25H19ClO6. The van der Waals surface area contributed by atoms with E-state index in [1.807, 2.05) is 0 Å². The van der Waals surface area contributed by atoms with Gasteiger partial charge in [-0.25, -0.2) is 0 Å². The quantitative estimate of drug-likeness (QED) is 0.277. The Morgan fingerprint density at radius 1 is 0.938 bits per heavy atom. The van der Waals surface area contributed by atoms with Crippen molar-refractivity contribution in [3.63, 3.8) is 0 Å². The zero-order chi connectivity index (χ0) is 22.7. The molecule has 1 heterocycles. The van der Waals surface area contributed by atoms with Crippen LogP contribution in [0.15, 0.2) is 75.9 Å². The third kappa shape index (κ3) is 4.76. The lowest BCUT2D eigenvalue weighted by Gasteiger charge is -2.10. The number of ether oxygens (including phenoxy) is 3. The van der Waals surface area contributed by atoms with Crippen LogP contribution >= 0.6 is 11.6 Å². The number of carbonyl (C=O) groups excluding carboxylic acids is 1. The smallest absolute Gasteiger partial charge is 0.315 e. The van der Waals surface area contributed by atoms with Crippen molar-refractivity contribution in [2.24, 2.45) is 0 Å². The molecule has 0 atom stereocenters. The molecule has 0 aliphatic heterocycles. The van der Waals surface area contributed by atoms with Crippen molar-refractivity contribution in [3.8, 4) is 23.0 Å². The largest absolute Gasteiger partial charge is 0.497 e. The SMILES string of the molecule is COc1ccc(Oc2c(C)oc3cc(OC(=O)Cc4ccc(Cl)cc4)ccc3c2=O)cc1. The van der Waals surface area contributed by atoms with Crippen LogP contribution in [0.1, 0.15) is 11.3 Å². The van der Waals surface area contributed by atoms with Crippen LogP contribution in [-0.4, -0.2) is 13.1 Å². The number of aryl methyl sites for hydroxylation is 1. The van der Waals surface area contributed by atoms with Gasteiger partial charge in [-0.2, -0.15) is 0 Å². The highest BCUT2D eigenvalue weighted by molar-refractivity contribution is 6.30. The Kier molecular flexibility index (Phi) is 6.14. The molecule has 0 aliphatic carbocycles. The van der Waals surface area contributed by atoms with E-state index in [-0.39, 0.29) is 23.3 Å². The van der Waals surface area contributed by atoms with Crippen molar-refractivity contribution in [1.29, 1.82) is 0 Å². The average Bonchev–Trinajstić information content (AvgIpc) is 2.78. The van der Waals surface area contributed by atoms with Gasteiger partial charge in [-0.3, -0.25) is 9.59 Å². The first kappa shape index (κ1) is 21.5. The van der Waals surface area contributed by atoms with E-state index in [2.05, 4.69) is 0 Å². The summed E-state index contributed by atoms with van der Waals surface area (Å²) in [7, 11) is 1.57. The van der Waals surface area contributed by atoms with Gasteiger partial charge >= 0.3 is 5.97 Å². The van der Waals surface area contributed by atoms with Crippen molar-refractivity contribution >= 4 is 28.5 Å². The van der Waals surface area contributed by atoms with E-state index >= 15 is 0 Å². The number of carbonyl (C=O) groups is 1. The Bertz CT molecular complexity index is 1320. The number of rotatable bonds is 6. The summed E-state index contributed by atoms with van der Waals surface area (Å²) < 4.78 is 22.1. The lowest BCUT2D eigenvalue weighted by Crippen LogP contribution is -2.12. The third-order valence-electron chi connectivity index (χ3n) is 4.76. The minimum absolute atomic E-state index is 0.0901.